The molecular weight excluding hydrogens is 324 g/mol. The van der Waals surface area contributed by atoms with Gasteiger partial charge in [-0.15, -0.1) is 0 Å². The van der Waals surface area contributed by atoms with Crippen LogP contribution in [0.25, 0.3) is 11.2 Å². The molecule has 1 saturated heterocycles. The van der Waals surface area contributed by atoms with Gasteiger partial charge in [0.15, 0.2) is 11.2 Å². The molecule has 0 aromatic carbocycles. The summed E-state index contributed by atoms with van der Waals surface area (Å²) in [6, 6.07) is 0. The maximum atomic E-state index is 12.2. The van der Waals surface area contributed by atoms with Gasteiger partial charge in [0.1, 0.15) is 21.9 Å². The van der Waals surface area contributed by atoms with Gasteiger partial charge in [-0.3, -0.25) is 24.5 Å². The summed E-state index contributed by atoms with van der Waals surface area (Å²) in [7, 11) is 10.9. The molecule has 1 amide bonds. The highest BCUT2D eigenvalue weighted by Crippen LogP contribution is 2.33. The quantitative estimate of drug-likeness (QED) is 0.637. The molecule has 1 aliphatic heterocycles. The third kappa shape index (κ3) is 3.47. The highest BCUT2D eigenvalue weighted by molar-refractivity contribution is 6.39. The molecule has 11 heteroatoms. The molecule has 3 rings (SSSR count). The standard InChI is InChI=1S/C14H17B2N5O4/c1-6(2)11(22)19-13-18-10-9(12(23)20-13)17-5-21(10)8-4-3-7(25-8)14(15,16)24/h5-8,24H,3-4H2,1-2H3,(H2,18,19,20,22,23). The zero-order valence-corrected chi connectivity index (χ0v) is 13.9. The van der Waals surface area contributed by atoms with Crippen molar-refractivity contribution in [2.45, 2.75) is 44.4 Å². The predicted octanol–water partition coefficient (Wildman–Crippen LogP) is -0.625. The van der Waals surface area contributed by atoms with Gasteiger partial charge in [0, 0.05) is 11.3 Å². The molecule has 128 valence electrons. The molecule has 2 unspecified atom stereocenters. The Labute approximate surface area is 146 Å². The van der Waals surface area contributed by atoms with Crippen molar-refractivity contribution in [2.24, 2.45) is 5.92 Å². The average molecular weight is 341 g/mol. The third-order valence-corrected chi connectivity index (χ3v) is 4.02. The second-order valence-corrected chi connectivity index (χ2v) is 6.43. The maximum Gasteiger partial charge on any atom is 0.280 e. The summed E-state index contributed by atoms with van der Waals surface area (Å²) >= 11 is 0. The minimum absolute atomic E-state index is 0.0293. The Bertz CT molecular complexity index is 857. The largest absolute Gasteiger partial charge is 0.407 e. The van der Waals surface area contributed by atoms with Crippen molar-refractivity contribution in [3.8, 4) is 0 Å². The Kier molecular flexibility index (Phi) is 4.46. The first kappa shape index (κ1) is 17.7. The number of nitrogens with one attached hydrogen (secondary N) is 2. The van der Waals surface area contributed by atoms with Crippen LogP contribution >= 0.6 is 0 Å². The molecule has 2 atom stereocenters. The molecule has 1 aliphatic rings. The molecule has 0 spiro atoms. The highest BCUT2D eigenvalue weighted by Gasteiger charge is 2.36. The van der Waals surface area contributed by atoms with Crippen LogP contribution in [0.5, 0.6) is 0 Å². The van der Waals surface area contributed by atoms with E-state index in [1.807, 2.05) is 0 Å². The molecule has 9 nitrogen and oxygen atoms in total. The Morgan fingerprint density at radius 2 is 2.24 bits per heavy atom. The molecule has 0 bridgehead atoms. The smallest absolute Gasteiger partial charge is 0.280 e. The molecule has 0 saturated carbocycles. The van der Waals surface area contributed by atoms with E-state index < -0.39 is 23.3 Å². The number of aromatic amines is 1. The van der Waals surface area contributed by atoms with Crippen LogP contribution < -0.4 is 10.9 Å². The van der Waals surface area contributed by atoms with Gasteiger partial charge in [-0.2, -0.15) is 4.98 Å². The van der Waals surface area contributed by atoms with E-state index >= 15 is 0 Å². The van der Waals surface area contributed by atoms with Crippen molar-refractivity contribution in [1.29, 1.82) is 0 Å². The number of H-pyrrole nitrogens is 1. The number of aliphatic hydroxyl groups is 1. The number of nitrogens with zero attached hydrogens (tertiary/aromatic N) is 3. The SMILES string of the molecule is [B]C([B])(O)C1CCC(n2cnc3c(=O)[nH]c(NC(=O)C(C)C)nc32)O1. The lowest BCUT2D eigenvalue weighted by Gasteiger charge is -2.26. The van der Waals surface area contributed by atoms with E-state index in [0.717, 1.165) is 0 Å². The number of ether oxygens (including phenoxy) is 1. The van der Waals surface area contributed by atoms with Gasteiger partial charge in [-0.1, -0.05) is 13.8 Å². The Morgan fingerprint density at radius 3 is 2.84 bits per heavy atom. The molecule has 1 fully saturated rings. The molecule has 3 N–H and O–H groups in total. The van der Waals surface area contributed by atoms with Crippen LogP contribution in [-0.2, 0) is 9.53 Å². The number of imidazole rings is 1. The summed E-state index contributed by atoms with van der Waals surface area (Å²) < 4.78 is 7.22. The minimum atomic E-state index is -1.95. The fourth-order valence-corrected chi connectivity index (χ4v) is 2.62. The van der Waals surface area contributed by atoms with Gasteiger partial charge in [0.2, 0.25) is 11.9 Å². The number of rotatable bonds is 4. The van der Waals surface area contributed by atoms with Crippen LogP contribution in [-0.4, -0.2) is 57.7 Å². The van der Waals surface area contributed by atoms with Crippen molar-refractivity contribution in [2.75, 3.05) is 5.32 Å². The summed E-state index contributed by atoms with van der Waals surface area (Å²) in [5.41, 5.74) is -0.108. The summed E-state index contributed by atoms with van der Waals surface area (Å²) in [4.78, 5) is 34.8. The number of aromatic nitrogens is 4. The van der Waals surface area contributed by atoms with Gasteiger partial charge < -0.3 is 9.84 Å². The fraction of sp³-hybridized carbons (Fsp3) is 0.571. The second kappa shape index (κ2) is 6.30. The van der Waals surface area contributed by atoms with E-state index in [-0.39, 0.29) is 28.9 Å². The first-order valence-corrected chi connectivity index (χ1v) is 7.90. The van der Waals surface area contributed by atoms with Gasteiger partial charge in [-0.25, -0.2) is 4.98 Å². The number of carbonyl (C=O) groups excluding carboxylic acids is 1. The van der Waals surface area contributed by atoms with E-state index in [0.29, 0.717) is 12.8 Å². The minimum Gasteiger partial charge on any atom is -0.407 e. The molecule has 2 aromatic rings. The number of hydrogen-bond acceptors (Lipinski definition) is 6. The van der Waals surface area contributed by atoms with Crippen LogP contribution in [0.2, 0.25) is 0 Å². The lowest BCUT2D eigenvalue weighted by Crippen LogP contribution is -2.43. The number of amides is 1. The maximum absolute atomic E-state index is 12.2. The fourth-order valence-electron chi connectivity index (χ4n) is 2.62. The van der Waals surface area contributed by atoms with Gasteiger partial charge >= 0.3 is 0 Å². The summed E-state index contributed by atoms with van der Waals surface area (Å²) in [5, 5.41) is 10.3. The molecule has 4 radical (unpaired) electrons. The Balaban J connectivity index is 1.94. The van der Waals surface area contributed by atoms with Crippen molar-refractivity contribution in [1.82, 2.24) is 19.5 Å². The summed E-state index contributed by atoms with van der Waals surface area (Å²) in [5.74, 6) is -0.514. The van der Waals surface area contributed by atoms with Crippen LogP contribution in [0.15, 0.2) is 11.1 Å². The van der Waals surface area contributed by atoms with Crippen LogP contribution in [0.1, 0.15) is 32.9 Å². The molecule has 0 aliphatic carbocycles. The van der Waals surface area contributed by atoms with Crippen molar-refractivity contribution in [3.05, 3.63) is 16.7 Å². The van der Waals surface area contributed by atoms with Gasteiger partial charge in [-0.05, 0) is 12.8 Å². The second-order valence-electron chi connectivity index (χ2n) is 6.43. The zero-order valence-electron chi connectivity index (χ0n) is 13.9. The summed E-state index contributed by atoms with van der Waals surface area (Å²) in [6.07, 6.45) is 1.08. The Morgan fingerprint density at radius 1 is 1.52 bits per heavy atom. The van der Waals surface area contributed by atoms with Crippen molar-refractivity contribution < 1.29 is 14.6 Å². The molecule has 2 aromatic heterocycles. The average Bonchev–Trinajstić information content (AvgIpc) is 3.12. The first-order valence-electron chi connectivity index (χ1n) is 7.90. The van der Waals surface area contributed by atoms with E-state index in [1.165, 1.54) is 6.33 Å². The molecular formula is C14H17B2N5O4. The summed E-state index contributed by atoms with van der Waals surface area (Å²) in [6.45, 7) is 3.45. The lowest BCUT2D eigenvalue weighted by molar-refractivity contribution is -0.118. The van der Waals surface area contributed by atoms with Crippen molar-refractivity contribution >= 4 is 38.7 Å². The Hall–Kier alpha value is -2.13. The number of hydrogen-bond donors (Lipinski definition) is 3. The molecule has 3 heterocycles. The monoisotopic (exact) mass is 341 g/mol. The number of fused-ring (bicyclic) bond motifs is 1. The highest BCUT2D eigenvalue weighted by atomic mass is 16.5. The first-order chi connectivity index (χ1) is 11.7. The van der Waals surface area contributed by atoms with Gasteiger partial charge in [0.05, 0.1) is 12.4 Å². The lowest BCUT2D eigenvalue weighted by atomic mass is 9.61. The topological polar surface area (TPSA) is 122 Å². The predicted molar refractivity (Wildman–Crippen MR) is 91.2 cm³/mol. The van der Waals surface area contributed by atoms with Crippen LogP contribution in [0.4, 0.5) is 5.95 Å². The zero-order chi connectivity index (χ0) is 18.4. The van der Waals surface area contributed by atoms with Crippen LogP contribution in [0.3, 0.4) is 0 Å². The number of carbonyl (C=O) groups is 1. The van der Waals surface area contributed by atoms with E-state index in [4.69, 9.17) is 20.4 Å². The van der Waals surface area contributed by atoms with Crippen LogP contribution in [0, 0.1) is 5.92 Å². The number of anilines is 1. The van der Waals surface area contributed by atoms with E-state index in [2.05, 4.69) is 20.3 Å². The normalized spacial score (nSPS) is 21.1. The van der Waals surface area contributed by atoms with E-state index in [9.17, 15) is 14.7 Å². The third-order valence-electron chi connectivity index (χ3n) is 4.02. The van der Waals surface area contributed by atoms with E-state index in [1.54, 1.807) is 18.4 Å². The van der Waals surface area contributed by atoms with Crippen molar-refractivity contribution in [3.63, 3.8) is 0 Å². The van der Waals surface area contributed by atoms with Gasteiger partial charge in [0.25, 0.3) is 5.56 Å². The molecule has 25 heavy (non-hydrogen) atoms.